The summed E-state index contributed by atoms with van der Waals surface area (Å²) < 4.78 is 23.4. The minimum atomic E-state index is -0.904. The molecule has 0 heterocycles. The zero-order chi connectivity index (χ0) is 19.6. The Balaban J connectivity index is 1.72. The molecule has 0 radical (unpaired) electrons. The summed E-state index contributed by atoms with van der Waals surface area (Å²) in [5.41, 5.74) is 0.759. The van der Waals surface area contributed by atoms with Crippen molar-refractivity contribution < 1.29 is 23.5 Å². The molecule has 2 aromatic rings. The molecule has 0 aliphatic carbocycles. The van der Waals surface area contributed by atoms with Gasteiger partial charge in [0.1, 0.15) is 11.6 Å². The van der Waals surface area contributed by atoms with Gasteiger partial charge in [-0.1, -0.05) is 12.1 Å². The number of carbonyl (C=O) groups is 2. The fourth-order valence-corrected chi connectivity index (χ4v) is 2.84. The quantitative estimate of drug-likeness (QED) is 0.523. The van der Waals surface area contributed by atoms with Crippen molar-refractivity contribution in [1.29, 1.82) is 0 Å². The number of ether oxygens (including phenoxy) is 2. The van der Waals surface area contributed by atoms with E-state index in [2.05, 4.69) is 5.32 Å². The van der Waals surface area contributed by atoms with Crippen LogP contribution < -0.4 is 10.1 Å². The highest BCUT2D eigenvalue weighted by Crippen LogP contribution is 2.21. The van der Waals surface area contributed by atoms with Crippen molar-refractivity contribution in [3.05, 3.63) is 59.9 Å². The standard InChI is InChI=1S/C20H22FNO4S/c1-3-25-17-8-10-18(11-9-17)27-13-19(23)26-14(2)20(24)22-12-15-4-6-16(21)7-5-15/h4-11,14H,3,12-13H2,1-2H3,(H,22,24)/t14-/m0/s1. The van der Waals surface area contributed by atoms with Crippen molar-refractivity contribution in [2.75, 3.05) is 12.4 Å². The van der Waals surface area contributed by atoms with Gasteiger partial charge in [0.15, 0.2) is 6.10 Å². The molecule has 2 rings (SSSR count). The van der Waals surface area contributed by atoms with Crippen molar-refractivity contribution in [3.8, 4) is 5.75 Å². The Bertz CT molecular complexity index is 750. The third-order valence-electron chi connectivity index (χ3n) is 3.55. The van der Waals surface area contributed by atoms with Gasteiger partial charge in [-0.3, -0.25) is 9.59 Å². The predicted octanol–water partition coefficient (Wildman–Crippen LogP) is 3.56. The maximum Gasteiger partial charge on any atom is 0.317 e. The van der Waals surface area contributed by atoms with Gasteiger partial charge in [-0.2, -0.15) is 0 Å². The summed E-state index contributed by atoms with van der Waals surface area (Å²) in [6.07, 6.45) is -0.904. The first-order chi connectivity index (χ1) is 13.0. The fourth-order valence-electron chi connectivity index (χ4n) is 2.16. The minimum Gasteiger partial charge on any atom is -0.494 e. The van der Waals surface area contributed by atoms with Crippen LogP contribution in [0.25, 0.3) is 0 Å². The van der Waals surface area contributed by atoms with Gasteiger partial charge in [-0.15, -0.1) is 11.8 Å². The first-order valence-electron chi connectivity index (χ1n) is 8.55. The van der Waals surface area contributed by atoms with Crippen LogP contribution in [0.4, 0.5) is 4.39 Å². The number of thioether (sulfide) groups is 1. The molecule has 2 aromatic carbocycles. The van der Waals surface area contributed by atoms with Crippen LogP contribution in [0.3, 0.4) is 0 Å². The second kappa shape index (κ2) is 10.6. The van der Waals surface area contributed by atoms with Gasteiger partial charge < -0.3 is 14.8 Å². The number of esters is 1. The van der Waals surface area contributed by atoms with E-state index < -0.39 is 18.0 Å². The summed E-state index contributed by atoms with van der Waals surface area (Å²) in [6, 6.07) is 13.2. The number of benzene rings is 2. The zero-order valence-corrected chi connectivity index (χ0v) is 16.1. The van der Waals surface area contributed by atoms with E-state index in [1.807, 2.05) is 31.2 Å². The molecule has 144 valence electrons. The van der Waals surface area contributed by atoms with Gasteiger partial charge >= 0.3 is 5.97 Å². The predicted molar refractivity (Wildman–Crippen MR) is 102 cm³/mol. The summed E-state index contributed by atoms with van der Waals surface area (Å²) in [6.45, 7) is 4.26. The van der Waals surface area contributed by atoms with Crippen molar-refractivity contribution >= 4 is 23.6 Å². The van der Waals surface area contributed by atoms with E-state index in [4.69, 9.17) is 9.47 Å². The number of halogens is 1. The van der Waals surface area contributed by atoms with E-state index in [0.29, 0.717) is 6.61 Å². The van der Waals surface area contributed by atoms with E-state index in [1.54, 1.807) is 12.1 Å². The van der Waals surface area contributed by atoms with E-state index in [9.17, 15) is 14.0 Å². The van der Waals surface area contributed by atoms with Crippen molar-refractivity contribution in [2.24, 2.45) is 0 Å². The highest BCUT2D eigenvalue weighted by Gasteiger charge is 2.17. The third-order valence-corrected chi connectivity index (χ3v) is 4.53. The molecule has 0 spiro atoms. The first-order valence-corrected chi connectivity index (χ1v) is 9.53. The van der Waals surface area contributed by atoms with E-state index in [1.165, 1.54) is 30.8 Å². The molecule has 5 nitrogen and oxygen atoms in total. The summed E-state index contributed by atoms with van der Waals surface area (Å²) in [4.78, 5) is 24.8. The van der Waals surface area contributed by atoms with Gasteiger partial charge in [0.25, 0.3) is 5.91 Å². The van der Waals surface area contributed by atoms with Gasteiger partial charge in [0.2, 0.25) is 0 Å². The van der Waals surface area contributed by atoms with E-state index >= 15 is 0 Å². The molecule has 1 amide bonds. The van der Waals surface area contributed by atoms with E-state index in [0.717, 1.165) is 16.2 Å². The first kappa shape index (κ1) is 20.8. The molecule has 27 heavy (non-hydrogen) atoms. The Hall–Kier alpha value is -2.54. The summed E-state index contributed by atoms with van der Waals surface area (Å²) in [5, 5.41) is 2.66. The molecule has 0 saturated heterocycles. The largest absolute Gasteiger partial charge is 0.494 e. The molecule has 0 unspecified atom stereocenters. The smallest absolute Gasteiger partial charge is 0.317 e. The summed E-state index contributed by atoms with van der Waals surface area (Å²) >= 11 is 1.32. The van der Waals surface area contributed by atoms with Crippen molar-refractivity contribution in [3.63, 3.8) is 0 Å². The van der Waals surface area contributed by atoms with Crippen LogP contribution in [-0.2, 0) is 20.9 Å². The molecule has 0 bridgehead atoms. The molecule has 0 saturated carbocycles. The highest BCUT2D eigenvalue weighted by molar-refractivity contribution is 8.00. The maximum atomic E-state index is 12.9. The highest BCUT2D eigenvalue weighted by atomic mass is 32.2. The fraction of sp³-hybridized carbons (Fsp3) is 0.300. The number of amides is 1. The average molecular weight is 391 g/mol. The molecule has 0 aromatic heterocycles. The van der Waals surface area contributed by atoms with Crippen molar-refractivity contribution in [2.45, 2.75) is 31.4 Å². The van der Waals surface area contributed by atoms with E-state index in [-0.39, 0.29) is 18.1 Å². The number of rotatable bonds is 9. The average Bonchev–Trinajstić information content (AvgIpc) is 2.67. The van der Waals surface area contributed by atoms with Crippen LogP contribution >= 0.6 is 11.8 Å². The molecule has 7 heteroatoms. The van der Waals surface area contributed by atoms with Crippen LogP contribution in [0, 0.1) is 5.82 Å². The zero-order valence-electron chi connectivity index (χ0n) is 15.2. The minimum absolute atomic E-state index is 0.101. The van der Waals surface area contributed by atoms with Crippen LogP contribution in [-0.4, -0.2) is 30.3 Å². The van der Waals surface area contributed by atoms with Crippen LogP contribution in [0.15, 0.2) is 53.4 Å². The number of nitrogens with one attached hydrogen (secondary N) is 1. The molecular formula is C20H22FNO4S. The summed E-state index contributed by atoms with van der Waals surface area (Å²) in [7, 11) is 0. The lowest BCUT2D eigenvalue weighted by molar-refractivity contribution is -0.152. The number of carbonyl (C=O) groups excluding carboxylic acids is 2. The van der Waals surface area contributed by atoms with Crippen molar-refractivity contribution in [1.82, 2.24) is 5.32 Å². The van der Waals surface area contributed by atoms with Crippen LogP contribution in [0.2, 0.25) is 0 Å². The Labute approximate surface area is 162 Å². The second-order valence-corrected chi connectivity index (χ2v) is 6.72. The molecule has 0 fully saturated rings. The SMILES string of the molecule is CCOc1ccc(SCC(=O)O[C@@H](C)C(=O)NCc2ccc(F)cc2)cc1. The number of hydrogen-bond acceptors (Lipinski definition) is 5. The Morgan fingerprint density at radius 2 is 1.78 bits per heavy atom. The number of hydrogen-bond donors (Lipinski definition) is 1. The Morgan fingerprint density at radius 1 is 1.11 bits per heavy atom. The van der Waals surface area contributed by atoms with Crippen LogP contribution in [0.5, 0.6) is 5.75 Å². The topological polar surface area (TPSA) is 64.6 Å². The Kier molecular flexibility index (Phi) is 8.13. The lowest BCUT2D eigenvalue weighted by Gasteiger charge is -2.13. The third kappa shape index (κ3) is 7.30. The lowest BCUT2D eigenvalue weighted by Crippen LogP contribution is -2.35. The monoisotopic (exact) mass is 391 g/mol. The summed E-state index contributed by atoms with van der Waals surface area (Å²) in [5.74, 6) is -0.339. The van der Waals surface area contributed by atoms with Gasteiger partial charge in [-0.25, -0.2) is 4.39 Å². The lowest BCUT2D eigenvalue weighted by atomic mass is 10.2. The molecule has 1 N–H and O–H groups in total. The van der Waals surface area contributed by atoms with Gasteiger partial charge in [0, 0.05) is 11.4 Å². The second-order valence-electron chi connectivity index (χ2n) is 5.67. The van der Waals surface area contributed by atoms with Gasteiger partial charge in [-0.05, 0) is 55.8 Å². The molecule has 0 aliphatic rings. The normalized spacial score (nSPS) is 11.5. The Morgan fingerprint density at radius 3 is 2.41 bits per heavy atom. The molecular weight excluding hydrogens is 369 g/mol. The molecule has 1 atom stereocenters. The maximum absolute atomic E-state index is 12.9. The van der Waals surface area contributed by atoms with Crippen LogP contribution in [0.1, 0.15) is 19.4 Å². The van der Waals surface area contributed by atoms with Gasteiger partial charge in [0.05, 0.1) is 12.4 Å². The molecule has 0 aliphatic heterocycles.